The molecule has 0 atom stereocenters. The fourth-order valence-electron chi connectivity index (χ4n) is 3.74. The van der Waals surface area contributed by atoms with E-state index in [4.69, 9.17) is 56.5 Å². The maximum Gasteiger partial charge on any atom is 0.263 e. The summed E-state index contributed by atoms with van der Waals surface area (Å²) < 4.78 is 39.9. The van der Waals surface area contributed by atoms with Crippen molar-refractivity contribution in [2.75, 3.05) is 5.32 Å². The Hall–Kier alpha value is -3.43. The molecule has 0 aromatic heterocycles. The number of carbonyl (C=O) groups excluding carboxylic acids is 1. The second-order valence-electron chi connectivity index (χ2n) is 8.72. The van der Waals surface area contributed by atoms with Gasteiger partial charge < -0.3 is 14.8 Å². The number of ether oxygens (including phenoxy) is 2. The summed E-state index contributed by atoms with van der Waals surface area (Å²) in [6.07, 6.45) is 0. The van der Waals surface area contributed by atoms with Crippen molar-refractivity contribution in [1.82, 2.24) is 5.32 Å². The van der Waals surface area contributed by atoms with Crippen LogP contribution in [-0.2, 0) is 0 Å². The molecule has 0 radical (unpaired) electrons. The van der Waals surface area contributed by atoms with Crippen LogP contribution < -0.4 is 20.1 Å². The first-order valence-electron chi connectivity index (χ1n) is 11.7. The number of halogens is 5. The number of carbonyl (C=O) groups is 1. The monoisotopic (exact) mass is 620 g/mol. The van der Waals surface area contributed by atoms with Gasteiger partial charge in [0, 0.05) is 10.7 Å². The van der Waals surface area contributed by atoms with Crippen LogP contribution in [0.2, 0.25) is 15.1 Å². The van der Waals surface area contributed by atoms with E-state index in [1.54, 1.807) is 56.3 Å². The average molecular weight is 622 g/mol. The third-order valence-electron chi connectivity index (χ3n) is 5.80. The molecule has 0 spiro atoms. The Morgan fingerprint density at radius 1 is 0.850 bits per heavy atom. The second kappa shape index (κ2) is 12.4. The van der Waals surface area contributed by atoms with Crippen molar-refractivity contribution >= 4 is 63.7 Å². The van der Waals surface area contributed by atoms with E-state index in [0.717, 1.165) is 23.8 Å². The molecule has 4 aromatic carbocycles. The van der Waals surface area contributed by atoms with E-state index < -0.39 is 23.1 Å². The molecule has 2 N–H and O–H groups in total. The molecule has 0 aliphatic heterocycles. The normalized spacial score (nSPS) is 10.7. The van der Waals surface area contributed by atoms with Gasteiger partial charge in [-0.15, -0.1) is 0 Å². The highest BCUT2D eigenvalue weighted by atomic mass is 35.5. The minimum atomic E-state index is -1.02. The van der Waals surface area contributed by atoms with Gasteiger partial charge in [-0.2, -0.15) is 0 Å². The molecule has 0 aliphatic carbocycles. The molecule has 11 heteroatoms. The van der Waals surface area contributed by atoms with Gasteiger partial charge >= 0.3 is 0 Å². The zero-order chi connectivity index (χ0) is 29.1. The lowest BCUT2D eigenvalue weighted by atomic mass is 10.1. The first-order valence-corrected chi connectivity index (χ1v) is 13.3. The van der Waals surface area contributed by atoms with Crippen LogP contribution in [0.5, 0.6) is 23.0 Å². The zero-order valence-corrected chi connectivity index (χ0v) is 24.4. The van der Waals surface area contributed by atoms with Crippen LogP contribution in [0.3, 0.4) is 0 Å². The highest BCUT2D eigenvalue weighted by molar-refractivity contribution is 7.80. The quantitative estimate of drug-likeness (QED) is 0.210. The summed E-state index contributed by atoms with van der Waals surface area (Å²) in [5.41, 5.74) is 1.77. The van der Waals surface area contributed by atoms with E-state index in [1.807, 2.05) is 6.92 Å². The van der Waals surface area contributed by atoms with E-state index in [-0.39, 0.29) is 5.11 Å². The van der Waals surface area contributed by atoms with Gasteiger partial charge in [0.2, 0.25) is 0 Å². The second-order valence-corrected chi connectivity index (χ2v) is 10.4. The van der Waals surface area contributed by atoms with Crippen LogP contribution in [0.1, 0.15) is 27.0 Å². The average Bonchev–Trinajstić information content (AvgIpc) is 2.87. The molecule has 0 bridgehead atoms. The van der Waals surface area contributed by atoms with E-state index in [2.05, 4.69) is 10.6 Å². The molecule has 4 rings (SSSR count). The van der Waals surface area contributed by atoms with E-state index in [1.165, 1.54) is 0 Å². The highest BCUT2D eigenvalue weighted by Crippen LogP contribution is 2.41. The maximum absolute atomic E-state index is 13.9. The molecule has 5 nitrogen and oxygen atoms in total. The summed E-state index contributed by atoms with van der Waals surface area (Å²) in [7, 11) is 0. The van der Waals surface area contributed by atoms with Gasteiger partial charge in [0.1, 0.15) is 40.2 Å². The number of anilines is 1. The van der Waals surface area contributed by atoms with Crippen molar-refractivity contribution in [2.24, 2.45) is 0 Å². The molecular formula is C29H21Cl3F2N2O3S. The molecule has 0 heterocycles. The molecule has 0 aliphatic rings. The van der Waals surface area contributed by atoms with Crippen LogP contribution >= 0.6 is 47.0 Å². The topological polar surface area (TPSA) is 59.6 Å². The van der Waals surface area contributed by atoms with Crippen LogP contribution in [0.15, 0.2) is 60.7 Å². The standard InChI is InChI=1S/C29H21Cl3F2N2O3S/c1-14-11-18(38-24-9-7-17(30)13-19(24)31)8-10-23(14)39-27-15(2)12-22(16(3)26(27)32)35-29(40)36-28(37)25-20(33)5-4-6-21(25)34/h4-13H,1-3H3,(H2,35,36,37,40). The SMILES string of the molecule is Cc1cc(Oc2ccc(Cl)cc2Cl)ccc1Oc1c(C)cc(NC(=S)NC(=O)c2c(F)cccc2F)c(C)c1Cl. The number of rotatable bonds is 6. The number of thiocarbonyl (C=S) groups is 1. The maximum atomic E-state index is 13.9. The van der Waals surface area contributed by atoms with Crippen molar-refractivity contribution in [3.63, 3.8) is 0 Å². The largest absolute Gasteiger partial charge is 0.456 e. The van der Waals surface area contributed by atoms with Gasteiger partial charge in [-0.25, -0.2) is 8.78 Å². The minimum absolute atomic E-state index is 0.160. The Balaban J connectivity index is 1.49. The third kappa shape index (κ3) is 6.64. The molecule has 4 aromatic rings. The molecule has 0 saturated carbocycles. The number of aryl methyl sites for hydroxylation is 2. The molecule has 40 heavy (non-hydrogen) atoms. The van der Waals surface area contributed by atoms with Crippen molar-refractivity contribution in [2.45, 2.75) is 20.8 Å². The van der Waals surface area contributed by atoms with Gasteiger partial charge in [-0.1, -0.05) is 40.9 Å². The van der Waals surface area contributed by atoms with Gasteiger partial charge in [-0.05, 0) is 104 Å². The van der Waals surface area contributed by atoms with Crippen LogP contribution in [-0.4, -0.2) is 11.0 Å². The molecule has 1 amide bonds. The number of hydrogen-bond acceptors (Lipinski definition) is 4. The van der Waals surface area contributed by atoms with Gasteiger partial charge in [0.05, 0.1) is 10.0 Å². The fourth-order valence-corrected chi connectivity index (χ4v) is 4.67. The van der Waals surface area contributed by atoms with Gasteiger partial charge in [0.15, 0.2) is 5.11 Å². The number of benzene rings is 4. The summed E-state index contributed by atoms with van der Waals surface area (Å²) in [6, 6.07) is 15.1. The molecule has 0 unspecified atom stereocenters. The van der Waals surface area contributed by atoms with Crippen LogP contribution in [0, 0.1) is 32.4 Å². The van der Waals surface area contributed by atoms with Crippen molar-refractivity contribution in [3.8, 4) is 23.0 Å². The Morgan fingerprint density at radius 3 is 2.17 bits per heavy atom. The molecule has 0 saturated heterocycles. The smallest absolute Gasteiger partial charge is 0.263 e. The Bertz CT molecular complexity index is 1630. The van der Waals surface area contributed by atoms with E-state index >= 15 is 0 Å². The Labute approximate surface area is 250 Å². The predicted molar refractivity (Wildman–Crippen MR) is 159 cm³/mol. The van der Waals surface area contributed by atoms with Crippen molar-refractivity contribution in [3.05, 3.63) is 110 Å². The minimum Gasteiger partial charge on any atom is -0.456 e. The first kappa shape index (κ1) is 29.6. The lowest BCUT2D eigenvalue weighted by Gasteiger charge is -2.19. The summed E-state index contributed by atoms with van der Waals surface area (Å²) >= 11 is 24.0. The molecular weight excluding hydrogens is 601 g/mol. The van der Waals surface area contributed by atoms with E-state index in [9.17, 15) is 13.6 Å². The fraction of sp³-hybridized carbons (Fsp3) is 0.103. The summed E-state index contributed by atoms with van der Waals surface area (Å²) in [6.45, 7) is 5.38. The number of hydrogen-bond donors (Lipinski definition) is 2. The lowest BCUT2D eigenvalue weighted by molar-refractivity contribution is 0.0969. The summed E-state index contributed by atoms with van der Waals surface area (Å²) in [5, 5.41) is 6.17. The van der Waals surface area contributed by atoms with Gasteiger partial charge in [0.25, 0.3) is 5.91 Å². The van der Waals surface area contributed by atoms with Crippen molar-refractivity contribution < 1.29 is 23.0 Å². The number of amides is 1. The first-order chi connectivity index (χ1) is 18.9. The molecule has 0 fully saturated rings. The summed E-state index contributed by atoms with van der Waals surface area (Å²) in [4.78, 5) is 12.4. The zero-order valence-electron chi connectivity index (χ0n) is 21.3. The van der Waals surface area contributed by atoms with E-state index in [0.29, 0.717) is 54.9 Å². The summed E-state index contributed by atoms with van der Waals surface area (Å²) in [5.74, 6) is -1.03. The lowest BCUT2D eigenvalue weighted by Crippen LogP contribution is -2.35. The van der Waals surface area contributed by atoms with Crippen LogP contribution in [0.4, 0.5) is 14.5 Å². The van der Waals surface area contributed by atoms with Crippen molar-refractivity contribution in [1.29, 1.82) is 0 Å². The molecule has 206 valence electrons. The Morgan fingerprint density at radius 2 is 1.52 bits per heavy atom. The van der Waals surface area contributed by atoms with Gasteiger partial charge in [-0.3, -0.25) is 10.1 Å². The Kier molecular flexibility index (Phi) is 9.15. The third-order valence-corrected chi connectivity index (χ3v) is 6.99. The highest BCUT2D eigenvalue weighted by Gasteiger charge is 2.20. The van der Waals surface area contributed by atoms with Crippen LogP contribution in [0.25, 0.3) is 0 Å². The number of nitrogens with one attached hydrogen (secondary N) is 2. The predicted octanol–water partition coefficient (Wildman–Crippen LogP) is 9.56.